The first-order chi connectivity index (χ1) is 12.3. The van der Waals surface area contributed by atoms with E-state index in [4.69, 9.17) is 5.73 Å². The first-order valence-corrected chi connectivity index (χ1v) is 8.54. The molecule has 2 aromatic heterocycles. The summed E-state index contributed by atoms with van der Waals surface area (Å²) in [5.41, 5.74) is 8.51. The van der Waals surface area contributed by atoms with Crippen LogP contribution in [0, 0.1) is 0 Å². The average Bonchev–Trinajstić information content (AvgIpc) is 3.29. The van der Waals surface area contributed by atoms with E-state index < -0.39 is 0 Å². The zero-order valence-electron chi connectivity index (χ0n) is 13.9. The molecule has 1 fully saturated rings. The van der Waals surface area contributed by atoms with E-state index in [0.717, 1.165) is 17.2 Å². The van der Waals surface area contributed by atoms with Crippen molar-refractivity contribution < 1.29 is 0 Å². The topological polar surface area (TPSA) is 105 Å². The van der Waals surface area contributed by atoms with Gasteiger partial charge in [0.05, 0.1) is 0 Å². The van der Waals surface area contributed by atoms with Gasteiger partial charge < -0.3 is 16.4 Å². The maximum Gasteiger partial charge on any atom is 0.229 e. The maximum absolute atomic E-state index is 5.70. The highest BCUT2D eigenvalue weighted by Gasteiger charge is 2.19. The fourth-order valence-electron chi connectivity index (χ4n) is 3.16. The lowest BCUT2D eigenvalue weighted by Crippen LogP contribution is -2.00. The second-order valence-corrected chi connectivity index (χ2v) is 6.33. The van der Waals surface area contributed by atoms with Gasteiger partial charge in [-0.3, -0.25) is 5.10 Å². The van der Waals surface area contributed by atoms with Crippen LogP contribution < -0.4 is 16.4 Å². The largest absolute Gasteiger partial charge is 0.399 e. The average molecular weight is 335 g/mol. The molecule has 0 spiro atoms. The van der Waals surface area contributed by atoms with Crippen LogP contribution in [0.25, 0.3) is 0 Å². The van der Waals surface area contributed by atoms with Gasteiger partial charge in [0.1, 0.15) is 5.82 Å². The monoisotopic (exact) mass is 335 g/mol. The van der Waals surface area contributed by atoms with Crippen LogP contribution in [0.5, 0.6) is 0 Å². The summed E-state index contributed by atoms with van der Waals surface area (Å²) in [7, 11) is 0. The molecule has 4 rings (SSSR count). The minimum atomic E-state index is 0.515. The molecule has 0 amide bonds. The predicted molar refractivity (Wildman–Crippen MR) is 99.2 cm³/mol. The Balaban J connectivity index is 1.45. The number of benzene rings is 1. The van der Waals surface area contributed by atoms with Crippen LogP contribution in [0.1, 0.15) is 37.3 Å². The summed E-state index contributed by atoms with van der Waals surface area (Å²) >= 11 is 0. The van der Waals surface area contributed by atoms with Gasteiger partial charge in [-0.15, -0.1) is 0 Å². The number of anilines is 5. The highest BCUT2D eigenvalue weighted by molar-refractivity contribution is 5.59. The van der Waals surface area contributed by atoms with Crippen molar-refractivity contribution in [1.82, 2.24) is 20.2 Å². The molecule has 7 heteroatoms. The van der Waals surface area contributed by atoms with Crippen LogP contribution in [-0.2, 0) is 0 Å². The lowest BCUT2D eigenvalue weighted by Gasteiger charge is -2.07. The highest BCUT2D eigenvalue weighted by Crippen LogP contribution is 2.33. The second-order valence-electron chi connectivity index (χ2n) is 6.33. The number of H-pyrrole nitrogens is 1. The number of nitrogens with one attached hydrogen (secondary N) is 3. The fraction of sp³-hybridized carbons (Fsp3) is 0.278. The van der Waals surface area contributed by atoms with Gasteiger partial charge in [-0.05, 0) is 43.2 Å². The van der Waals surface area contributed by atoms with E-state index in [-0.39, 0.29) is 0 Å². The van der Waals surface area contributed by atoms with Gasteiger partial charge in [0.25, 0.3) is 0 Å². The van der Waals surface area contributed by atoms with Crippen molar-refractivity contribution in [2.75, 3.05) is 16.4 Å². The zero-order chi connectivity index (χ0) is 17.1. The van der Waals surface area contributed by atoms with Crippen LogP contribution in [0.15, 0.2) is 42.6 Å². The Kier molecular flexibility index (Phi) is 4.20. The van der Waals surface area contributed by atoms with Crippen LogP contribution >= 0.6 is 0 Å². The van der Waals surface area contributed by atoms with Gasteiger partial charge in [-0.1, -0.05) is 12.8 Å². The van der Waals surface area contributed by atoms with Gasteiger partial charge in [-0.2, -0.15) is 10.1 Å². The van der Waals surface area contributed by atoms with Crippen molar-refractivity contribution in [3.8, 4) is 0 Å². The standard InChI is InChI=1S/C18H21N7/c19-13-5-7-14(8-6-13)21-18-20-10-9-16(23-18)22-17-11-15(24-25-17)12-3-1-2-4-12/h5-12H,1-4,19H2,(H3,20,21,22,23,24,25). The van der Waals surface area contributed by atoms with Crippen molar-refractivity contribution in [2.45, 2.75) is 31.6 Å². The van der Waals surface area contributed by atoms with Crippen LogP contribution in [-0.4, -0.2) is 20.2 Å². The van der Waals surface area contributed by atoms with Gasteiger partial charge in [0, 0.05) is 35.2 Å². The molecule has 0 unspecified atom stereocenters. The smallest absolute Gasteiger partial charge is 0.229 e. The summed E-state index contributed by atoms with van der Waals surface area (Å²) < 4.78 is 0. The Morgan fingerprint density at radius 1 is 1.00 bits per heavy atom. The van der Waals surface area contributed by atoms with Crippen molar-refractivity contribution in [2.24, 2.45) is 0 Å². The minimum absolute atomic E-state index is 0.515. The molecule has 1 aromatic carbocycles. The molecule has 0 saturated heterocycles. The molecule has 0 aliphatic heterocycles. The summed E-state index contributed by atoms with van der Waals surface area (Å²) in [4.78, 5) is 8.72. The third-order valence-corrected chi connectivity index (χ3v) is 4.47. The van der Waals surface area contributed by atoms with Crippen molar-refractivity contribution in [3.05, 3.63) is 48.3 Å². The van der Waals surface area contributed by atoms with Gasteiger partial charge in [0.2, 0.25) is 5.95 Å². The van der Waals surface area contributed by atoms with Gasteiger partial charge in [0.15, 0.2) is 5.82 Å². The van der Waals surface area contributed by atoms with E-state index >= 15 is 0 Å². The number of aromatic amines is 1. The van der Waals surface area contributed by atoms with E-state index in [1.807, 2.05) is 30.3 Å². The molecule has 1 saturated carbocycles. The molecule has 3 aromatic rings. The third-order valence-electron chi connectivity index (χ3n) is 4.47. The Morgan fingerprint density at radius 3 is 2.60 bits per heavy atom. The van der Waals surface area contributed by atoms with Gasteiger partial charge in [-0.25, -0.2) is 4.98 Å². The molecule has 2 heterocycles. The number of hydrogen-bond acceptors (Lipinski definition) is 6. The van der Waals surface area contributed by atoms with E-state index in [0.29, 0.717) is 17.7 Å². The molecule has 0 atom stereocenters. The Morgan fingerprint density at radius 2 is 1.80 bits per heavy atom. The lowest BCUT2D eigenvalue weighted by molar-refractivity contribution is 0.693. The number of nitrogens with zero attached hydrogens (tertiary/aromatic N) is 3. The Labute approximate surface area is 146 Å². The molecule has 25 heavy (non-hydrogen) atoms. The third kappa shape index (κ3) is 3.71. The van der Waals surface area contributed by atoms with Crippen LogP contribution in [0.3, 0.4) is 0 Å². The normalized spacial score (nSPS) is 14.6. The molecule has 128 valence electrons. The Bertz CT molecular complexity index is 835. The molecular formula is C18H21N7. The van der Waals surface area contributed by atoms with Crippen molar-refractivity contribution >= 4 is 29.0 Å². The summed E-state index contributed by atoms with van der Waals surface area (Å²) in [5.74, 6) is 2.59. The predicted octanol–water partition coefficient (Wildman–Crippen LogP) is 3.93. The van der Waals surface area contributed by atoms with Crippen LogP contribution in [0.2, 0.25) is 0 Å². The first kappa shape index (κ1) is 15.4. The van der Waals surface area contributed by atoms with Crippen LogP contribution in [0.4, 0.5) is 29.0 Å². The molecule has 5 N–H and O–H groups in total. The van der Waals surface area contributed by atoms with E-state index in [2.05, 4.69) is 36.9 Å². The number of nitrogens with two attached hydrogens (primary N) is 1. The van der Waals surface area contributed by atoms with E-state index in [1.54, 1.807) is 6.20 Å². The molecule has 0 bridgehead atoms. The highest BCUT2D eigenvalue weighted by atomic mass is 15.2. The molecular weight excluding hydrogens is 314 g/mol. The molecule has 0 radical (unpaired) electrons. The van der Waals surface area contributed by atoms with Crippen molar-refractivity contribution in [1.29, 1.82) is 0 Å². The maximum atomic E-state index is 5.70. The van der Waals surface area contributed by atoms with E-state index in [9.17, 15) is 0 Å². The minimum Gasteiger partial charge on any atom is -0.399 e. The molecule has 1 aliphatic rings. The summed E-state index contributed by atoms with van der Waals surface area (Å²) in [6, 6.07) is 11.3. The number of aromatic nitrogens is 4. The lowest BCUT2D eigenvalue weighted by atomic mass is 10.0. The SMILES string of the molecule is Nc1ccc(Nc2nccc(Nc3cc(C4CCCC4)[nH]n3)n2)cc1. The Hall–Kier alpha value is -3.09. The summed E-state index contributed by atoms with van der Waals surface area (Å²) in [5, 5.41) is 13.9. The van der Waals surface area contributed by atoms with Crippen molar-refractivity contribution in [3.63, 3.8) is 0 Å². The summed E-state index contributed by atoms with van der Waals surface area (Å²) in [6.07, 6.45) is 6.80. The van der Waals surface area contributed by atoms with E-state index in [1.165, 1.54) is 31.4 Å². The quantitative estimate of drug-likeness (QED) is 0.527. The molecule has 1 aliphatic carbocycles. The first-order valence-electron chi connectivity index (χ1n) is 8.54. The number of hydrogen-bond donors (Lipinski definition) is 4. The zero-order valence-corrected chi connectivity index (χ0v) is 13.9. The second kappa shape index (κ2) is 6.80. The number of rotatable bonds is 5. The molecule has 7 nitrogen and oxygen atoms in total. The summed E-state index contributed by atoms with van der Waals surface area (Å²) in [6.45, 7) is 0. The fourth-order valence-corrected chi connectivity index (χ4v) is 3.16. The van der Waals surface area contributed by atoms with Gasteiger partial charge >= 0.3 is 0 Å². The number of nitrogen functional groups attached to an aromatic ring is 1.